The second-order valence-electron chi connectivity index (χ2n) is 9.92. The highest BCUT2D eigenvalue weighted by Gasteiger charge is 2.58. The van der Waals surface area contributed by atoms with Crippen LogP contribution in [0.5, 0.6) is 0 Å². The zero-order chi connectivity index (χ0) is 19.2. The normalized spacial score (nSPS) is 39.5. The lowest BCUT2D eigenvalue weighted by Crippen LogP contribution is -2.71. The van der Waals surface area contributed by atoms with Gasteiger partial charge in [-0.25, -0.2) is 4.99 Å². The van der Waals surface area contributed by atoms with Crippen LogP contribution in [0.15, 0.2) is 4.99 Å². The molecule has 152 valence electrons. The fourth-order valence-corrected chi connectivity index (χ4v) is 5.98. The summed E-state index contributed by atoms with van der Waals surface area (Å²) in [5, 5.41) is 7.41. The van der Waals surface area contributed by atoms with E-state index in [4.69, 9.17) is 4.74 Å². The molecule has 6 heteroatoms. The van der Waals surface area contributed by atoms with Crippen LogP contribution in [0.25, 0.3) is 0 Å². The SMILES string of the molecule is CN(C)C(=O)CN=C(NC1CC2CCC1C2)NC1C2CCCOC2C1(C)C. The lowest BCUT2D eigenvalue weighted by atomic mass is 9.55. The average Bonchev–Trinajstić information content (AvgIpc) is 3.26. The molecular formula is C21H36N4O2. The van der Waals surface area contributed by atoms with E-state index in [2.05, 4.69) is 29.5 Å². The van der Waals surface area contributed by atoms with Gasteiger partial charge in [-0.2, -0.15) is 0 Å². The van der Waals surface area contributed by atoms with Crippen molar-refractivity contribution < 1.29 is 9.53 Å². The van der Waals surface area contributed by atoms with Gasteiger partial charge in [-0.3, -0.25) is 4.79 Å². The van der Waals surface area contributed by atoms with Crippen molar-refractivity contribution in [3.05, 3.63) is 0 Å². The second kappa shape index (κ2) is 7.26. The standard InChI is InChI=1S/C21H36N4O2/c1-21(2)18(15-6-5-9-27-19(15)21)24-20(22-12-17(26)25(3)4)23-16-11-13-7-8-14(16)10-13/h13-16,18-19H,5-12H2,1-4H3,(H2,22,23,24). The lowest BCUT2D eigenvalue weighted by Gasteiger charge is -2.60. The van der Waals surface area contributed by atoms with Gasteiger partial charge in [-0.05, 0) is 43.9 Å². The van der Waals surface area contributed by atoms with E-state index in [1.165, 1.54) is 32.1 Å². The van der Waals surface area contributed by atoms with Crippen LogP contribution < -0.4 is 10.6 Å². The van der Waals surface area contributed by atoms with Crippen LogP contribution >= 0.6 is 0 Å². The van der Waals surface area contributed by atoms with Crippen LogP contribution in [0.4, 0.5) is 0 Å². The molecule has 1 heterocycles. The number of ether oxygens (including phenoxy) is 1. The highest BCUT2D eigenvalue weighted by atomic mass is 16.5. The fourth-order valence-electron chi connectivity index (χ4n) is 5.98. The molecule has 3 saturated carbocycles. The number of amides is 1. The van der Waals surface area contributed by atoms with Gasteiger partial charge in [0.15, 0.2) is 5.96 Å². The van der Waals surface area contributed by atoms with E-state index in [-0.39, 0.29) is 17.9 Å². The summed E-state index contributed by atoms with van der Waals surface area (Å²) >= 11 is 0. The number of aliphatic imine (C=N–C) groups is 1. The van der Waals surface area contributed by atoms with Gasteiger partial charge in [-0.15, -0.1) is 0 Å². The Morgan fingerprint density at radius 3 is 2.67 bits per heavy atom. The van der Waals surface area contributed by atoms with Gasteiger partial charge in [0.2, 0.25) is 5.91 Å². The molecule has 3 aliphatic carbocycles. The zero-order valence-electron chi connectivity index (χ0n) is 17.3. The molecule has 4 aliphatic rings. The molecule has 2 N–H and O–H groups in total. The fraction of sp³-hybridized carbons (Fsp3) is 0.905. The Kier molecular flexibility index (Phi) is 5.12. The van der Waals surface area contributed by atoms with Gasteiger partial charge in [0.1, 0.15) is 6.54 Å². The summed E-state index contributed by atoms with van der Waals surface area (Å²) in [5.74, 6) is 3.06. The monoisotopic (exact) mass is 376 g/mol. The molecule has 1 saturated heterocycles. The highest BCUT2D eigenvalue weighted by molar-refractivity contribution is 5.85. The number of carbonyl (C=O) groups is 1. The van der Waals surface area contributed by atoms with Crippen molar-refractivity contribution in [2.75, 3.05) is 27.2 Å². The third kappa shape index (κ3) is 3.57. The van der Waals surface area contributed by atoms with Gasteiger partial charge >= 0.3 is 0 Å². The molecule has 4 fully saturated rings. The minimum atomic E-state index is 0.0378. The predicted octanol–water partition coefficient (Wildman–Crippen LogP) is 2.00. The minimum Gasteiger partial charge on any atom is -0.377 e. The molecule has 0 spiro atoms. The third-order valence-electron chi connectivity index (χ3n) is 7.55. The van der Waals surface area contributed by atoms with Crippen molar-refractivity contribution in [1.29, 1.82) is 0 Å². The first-order chi connectivity index (χ1) is 12.9. The van der Waals surface area contributed by atoms with Gasteiger partial charge in [0.25, 0.3) is 0 Å². The summed E-state index contributed by atoms with van der Waals surface area (Å²) in [6.45, 7) is 5.66. The molecule has 6 unspecified atom stereocenters. The maximum absolute atomic E-state index is 12.1. The van der Waals surface area contributed by atoms with E-state index in [9.17, 15) is 4.79 Å². The molecule has 0 aromatic carbocycles. The molecule has 1 aliphatic heterocycles. The molecule has 0 aromatic rings. The molecule has 27 heavy (non-hydrogen) atoms. The van der Waals surface area contributed by atoms with Crippen LogP contribution in [-0.4, -0.2) is 62.2 Å². The number of nitrogens with one attached hydrogen (secondary N) is 2. The lowest BCUT2D eigenvalue weighted by molar-refractivity contribution is -0.188. The van der Waals surface area contributed by atoms with E-state index in [1.807, 2.05) is 0 Å². The van der Waals surface area contributed by atoms with E-state index in [0.29, 0.717) is 24.1 Å². The quantitative estimate of drug-likeness (QED) is 0.582. The molecule has 0 radical (unpaired) electrons. The van der Waals surface area contributed by atoms with E-state index in [1.54, 1.807) is 19.0 Å². The molecule has 2 bridgehead atoms. The third-order valence-corrected chi connectivity index (χ3v) is 7.55. The van der Waals surface area contributed by atoms with Crippen molar-refractivity contribution >= 4 is 11.9 Å². The molecular weight excluding hydrogens is 340 g/mol. The summed E-state index contributed by atoms with van der Waals surface area (Å²) in [4.78, 5) is 18.4. The molecule has 0 aromatic heterocycles. The predicted molar refractivity (Wildman–Crippen MR) is 107 cm³/mol. The number of hydrogen-bond donors (Lipinski definition) is 2. The van der Waals surface area contributed by atoms with Crippen LogP contribution in [-0.2, 0) is 9.53 Å². The van der Waals surface area contributed by atoms with Crippen molar-refractivity contribution in [2.24, 2.45) is 28.2 Å². The summed E-state index contributed by atoms with van der Waals surface area (Å²) < 4.78 is 6.05. The molecule has 4 rings (SSSR count). The molecule has 6 atom stereocenters. The van der Waals surface area contributed by atoms with E-state index >= 15 is 0 Å². The number of rotatable bonds is 4. The molecule has 6 nitrogen and oxygen atoms in total. The van der Waals surface area contributed by atoms with Crippen LogP contribution in [0, 0.1) is 23.2 Å². The van der Waals surface area contributed by atoms with Crippen molar-refractivity contribution in [3.8, 4) is 0 Å². The largest absolute Gasteiger partial charge is 0.377 e. The van der Waals surface area contributed by atoms with Crippen LogP contribution in [0.2, 0.25) is 0 Å². The number of fused-ring (bicyclic) bond motifs is 3. The Balaban J connectivity index is 1.45. The summed E-state index contributed by atoms with van der Waals surface area (Å²) in [5.41, 5.74) is 0.0910. The molecule has 1 amide bonds. The Hall–Kier alpha value is -1.30. The van der Waals surface area contributed by atoms with Crippen LogP contribution in [0.3, 0.4) is 0 Å². The Labute approximate surface area is 163 Å². The number of carbonyl (C=O) groups excluding carboxylic acids is 1. The van der Waals surface area contributed by atoms with Gasteiger partial charge in [-0.1, -0.05) is 20.3 Å². The van der Waals surface area contributed by atoms with Crippen molar-refractivity contribution in [3.63, 3.8) is 0 Å². The minimum absolute atomic E-state index is 0.0378. The number of hydrogen-bond acceptors (Lipinski definition) is 3. The van der Waals surface area contributed by atoms with Gasteiger partial charge in [0, 0.05) is 44.1 Å². The van der Waals surface area contributed by atoms with Crippen molar-refractivity contribution in [2.45, 2.75) is 70.6 Å². The van der Waals surface area contributed by atoms with Gasteiger partial charge < -0.3 is 20.3 Å². The van der Waals surface area contributed by atoms with Gasteiger partial charge in [0.05, 0.1) is 6.10 Å². The smallest absolute Gasteiger partial charge is 0.243 e. The average molecular weight is 377 g/mol. The number of guanidine groups is 1. The van der Waals surface area contributed by atoms with E-state index < -0.39 is 0 Å². The first-order valence-corrected chi connectivity index (χ1v) is 10.8. The Bertz CT molecular complexity index is 603. The Morgan fingerprint density at radius 1 is 1.19 bits per heavy atom. The zero-order valence-corrected chi connectivity index (χ0v) is 17.3. The summed E-state index contributed by atoms with van der Waals surface area (Å²) in [6, 6.07) is 0.855. The van der Waals surface area contributed by atoms with E-state index in [0.717, 1.165) is 30.8 Å². The maximum atomic E-state index is 12.1. The first-order valence-electron chi connectivity index (χ1n) is 10.8. The highest BCUT2D eigenvalue weighted by Crippen LogP contribution is 2.51. The first kappa shape index (κ1) is 19.0. The Morgan fingerprint density at radius 2 is 2.00 bits per heavy atom. The number of nitrogens with zero attached hydrogens (tertiary/aromatic N) is 2. The van der Waals surface area contributed by atoms with Crippen molar-refractivity contribution in [1.82, 2.24) is 15.5 Å². The van der Waals surface area contributed by atoms with Crippen LogP contribution in [0.1, 0.15) is 52.4 Å². The number of likely N-dealkylation sites (N-methyl/N-ethyl adjacent to an activating group) is 1. The topological polar surface area (TPSA) is 66.0 Å². The maximum Gasteiger partial charge on any atom is 0.243 e. The summed E-state index contributed by atoms with van der Waals surface area (Å²) in [7, 11) is 3.57. The summed E-state index contributed by atoms with van der Waals surface area (Å²) in [6.07, 6.45) is 8.02. The second-order valence-corrected chi connectivity index (χ2v) is 9.92.